The summed E-state index contributed by atoms with van der Waals surface area (Å²) in [4.78, 5) is 26.1. The Balaban J connectivity index is 2.71. The van der Waals surface area contributed by atoms with E-state index in [1.165, 1.54) is 0 Å². The van der Waals surface area contributed by atoms with Gasteiger partial charge in [-0.3, -0.25) is 9.69 Å². The van der Waals surface area contributed by atoms with Crippen molar-refractivity contribution in [1.82, 2.24) is 9.80 Å². The number of likely N-dealkylation sites (N-methyl/N-ethyl adjacent to an activating group) is 1. The molecule has 0 bridgehead atoms. The van der Waals surface area contributed by atoms with Crippen molar-refractivity contribution in [3.8, 4) is 0 Å². The van der Waals surface area contributed by atoms with Crippen molar-refractivity contribution < 1.29 is 9.59 Å². The van der Waals surface area contributed by atoms with E-state index in [1.807, 2.05) is 16.7 Å². The Morgan fingerprint density at radius 2 is 2.20 bits per heavy atom. The second-order valence-corrected chi connectivity index (χ2v) is 4.35. The van der Waals surface area contributed by atoms with Crippen LogP contribution in [-0.4, -0.2) is 54.2 Å². The number of carbonyl (C=O) groups excluding carboxylic acids is 2. The smallest absolute Gasteiger partial charge is 0.237 e. The Labute approximate surface area is 91.2 Å². The minimum atomic E-state index is 0.143. The molecule has 0 N–H and O–H groups in total. The van der Waals surface area contributed by atoms with Crippen LogP contribution in [0, 0.1) is 5.92 Å². The number of nitrogens with zero attached hydrogens (tertiary/aromatic N) is 2. The summed E-state index contributed by atoms with van der Waals surface area (Å²) in [6.45, 7) is 8.56. The molecule has 1 atom stereocenters. The summed E-state index contributed by atoms with van der Waals surface area (Å²) in [6, 6.07) is 0.246. The topological polar surface area (TPSA) is 40.6 Å². The van der Waals surface area contributed by atoms with Crippen LogP contribution in [0.3, 0.4) is 0 Å². The number of hydrogen-bond acceptors (Lipinski definition) is 3. The third-order valence-corrected chi connectivity index (χ3v) is 2.97. The lowest BCUT2D eigenvalue weighted by Crippen LogP contribution is -2.58. The second-order valence-electron chi connectivity index (χ2n) is 4.35. The highest BCUT2D eigenvalue weighted by Gasteiger charge is 2.32. The first kappa shape index (κ1) is 12.2. The maximum Gasteiger partial charge on any atom is 0.237 e. The first-order valence-electron chi connectivity index (χ1n) is 5.55. The summed E-state index contributed by atoms with van der Waals surface area (Å²) in [5, 5.41) is 0. The molecule has 1 fully saturated rings. The minimum absolute atomic E-state index is 0.143. The molecule has 0 radical (unpaired) electrons. The summed E-state index contributed by atoms with van der Waals surface area (Å²) < 4.78 is 0. The Kier molecular flexibility index (Phi) is 4.27. The lowest BCUT2D eigenvalue weighted by molar-refractivity contribution is -0.141. The van der Waals surface area contributed by atoms with Crippen LogP contribution in [0.15, 0.2) is 0 Å². The SMILES string of the molecule is CCN1C(=O)CN(CC=O)CC1C(C)C. The first-order valence-corrected chi connectivity index (χ1v) is 5.55. The van der Waals surface area contributed by atoms with E-state index < -0.39 is 0 Å². The highest BCUT2D eigenvalue weighted by molar-refractivity contribution is 5.79. The van der Waals surface area contributed by atoms with E-state index in [0.717, 1.165) is 19.4 Å². The maximum atomic E-state index is 11.8. The van der Waals surface area contributed by atoms with Crippen LogP contribution in [0.25, 0.3) is 0 Å². The van der Waals surface area contributed by atoms with Crippen molar-refractivity contribution in [2.45, 2.75) is 26.8 Å². The molecule has 15 heavy (non-hydrogen) atoms. The zero-order chi connectivity index (χ0) is 11.4. The van der Waals surface area contributed by atoms with E-state index in [1.54, 1.807) is 0 Å². The molecule has 0 aromatic heterocycles. The molecule has 0 saturated carbocycles. The predicted octanol–water partition coefficient (Wildman–Crippen LogP) is 0.374. The van der Waals surface area contributed by atoms with Crippen molar-refractivity contribution in [3.63, 3.8) is 0 Å². The van der Waals surface area contributed by atoms with Crippen LogP contribution >= 0.6 is 0 Å². The number of hydrogen-bond donors (Lipinski definition) is 0. The van der Waals surface area contributed by atoms with Crippen molar-refractivity contribution in [1.29, 1.82) is 0 Å². The Hall–Kier alpha value is -0.900. The van der Waals surface area contributed by atoms with Crippen molar-refractivity contribution in [2.75, 3.05) is 26.2 Å². The Morgan fingerprint density at radius 3 is 2.67 bits per heavy atom. The lowest BCUT2D eigenvalue weighted by atomic mass is 9.99. The number of rotatable bonds is 4. The molecular weight excluding hydrogens is 192 g/mol. The molecular formula is C11H20N2O2. The predicted molar refractivity (Wildman–Crippen MR) is 58.5 cm³/mol. The number of aldehydes is 1. The molecule has 4 nitrogen and oxygen atoms in total. The molecule has 1 unspecified atom stereocenters. The lowest BCUT2D eigenvalue weighted by Gasteiger charge is -2.42. The van der Waals surface area contributed by atoms with Gasteiger partial charge in [-0.1, -0.05) is 13.8 Å². The van der Waals surface area contributed by atoms with Gasteiger partial charge in [0.05, 0.1) is 13.1 Å². The van der Waals surface area contributed by atoms with E-state index in [4.69, 9.17) is 0 Å². The van der Waals surface area contributed by atoms with Gasteiger partial charge in [-0.25, -0.2) is 0 Å². The molecule has 0 aromatic rings. The standard InChI is InChI=1S/C11H20N2O2/c1-4-13-10(9(2)3)7-12(5-6-14)8-11(13)15/h6,9-10H,4-5,7-8H2,1-3H3. The van der Waals surface area contributed by atoms with Crippen LogP contribution in [0.4, 0.5) is 0 Å². The summed E-state index contributed by atoms with van der Waals surface area (Å²) in [7, 11) is 0. The average Bonchev–Trinajstić information content (AvgIpc) is 2.17. The fourth-order valence-corrected chi connectivity index (χ4v) is 2.12. The van der Waals surface area contributed by atoms with Crippen molar-refractivity contribution in [3.05, 3.63) is 0 Å². The van der Waals surface area contributed by atoms with Gasteiger partial charge in [-0.15, -0.1) is 0 Å². The van der Waals surface area contributed by atoms with E-state index in [2.05, 4.69) is 13.8 Å². The largest absolute Gasteiger partial charge is 0.337 e. The minimum Gasteiger partial charge on any atom is -0.337 e. The first-order chi connectivity index (χ1) is 7.10. The Morgan fingerprint density at radius 1 is 1.53 bits per heavy atom. The molecule has 1 rings (SSSR count). The molecule has 4 heteroatoms. The average molecular weight is 212 g/mol. The third kappa shape index (κ3) is 2.78. The highest BCUT2D eigenvalue weighted by atomic mass is 16.2. The van der Waals surface area contributed by atoms with Crippen LogP contribution < -0.4 is 0 Å². The van der Waals surface area contributed by atoms with E-state index in [9.17, 15) is 9.59 Å². The van der Waals surface area contributed by atoms with Crippen LogP contribution in [0.5, 0.6) is 0 Å². The molecule has 1 aliphatic rings. The van der Waals surface area contributed by atoms with E-state index >= 15 is 0 Å². The van der Waals surface area contributed by atoms with Gasteiger partial charge in [0, 0.05) is 19.1 Å². The van der Waals surface area contributed by atoms with Crippen LogP contribution in [-0.2, 0) is 9.59 Å². The normalized spacial score (nSPS) is 23.6. The molecule has 1 amide bonds. The van der Waals surface area contributed by atoms with Gasteiger partial charge >= 0.3 is 0 Å². The number of carbonyl (C=O) groups is 2. The summed E-state index contributed by atoms with van der Waals surface area (Å²) in [6.07, 6.45) is 0.867. The Bertz CT molecular complexity index is 241. The molecule has 0 aromatic carbocycles. The monoisotopic (exact) mass is 212 g/mol. The van der Waals surface area contributed by atoms with Gasteiger partial charge in [-0.2, -0.15) is 0 Å². The summed E-state index contributed by atoms with van der Waals surface area (Å²) in [5.74, 6) is 0.577. The van der Waals surface area contributed by atoms with E-state index in [-0.39, 0.29) is 11.9 Å². The fraction of sp³-hybridized carbons (Fsp3) is 0.818. The number of piperazine rings is 1. The van der Waals surface area contributed by atoms with Gasteiger partial charge in [-0.05, 0) is 12.8 Å². The highest BCUT2D eigenvalue weighted by Crippen LogP contribution is 2.17. The van der Waals surface area contributed by atoms with Crippen molar-refractivity contribution in [2.24, 2.45) is 5.92 Å². The zero-order valence-corrected chi connectivity index (χ0v) is 9.77. The fourth-order valence-electron chi connectivity index (χ4n) is 2.12. The second kappa shape index (κ2) is 5.26. The van der Waals surface area contributed by atoms with Gasteiger partial charge in [0.15, 0.2) is 0 Å². The number of amides is 1. The summed E-state index contributed by atoms with van der Waals surface area (Å²) >= 11 is 0. The molecule has 86 valence electrons. The molecule has 1 heterocycles. The van der Waals surface area contributed by atoms with Crippen LogP contribution in [0.2, 0.25) is 0 Å². The zero-order valence-electron chi connectivity index (χ0n) is 9.77. The van der Waals surface area contributed by atoms with Gasteiger partial charge in [0.1, 0.15) is 6.29 Å². The van der Waals surface area contributed by atoms with Gasteiger partial charge in [0.25, 0.3) is 0 Å². The van der Waals surface area contributed by atoms with Crippen molar-refractivity contribution >= 4 is 12.2 Å². The molecule has 0 aliphatic carbocycles. The summed E-state index contributed by atoms with van der Waals surface area (Å²) in [5.41, 5.74) is 0. The third-order valence-electron chi connectivity index (χ3n) is 2.97. The van der Waals surface area contributed by atoms with Gasteiger partial charge in [0.2, 0.25) is 5.91 Å². The van der Waals surface area contributed by atoms with Gasteiger partial charge < -0.3 is 9.69 Å². The molecule has 0 spiro atoms. The maximum absolute atomic E-state index is 11.8. The molecule has 1 aliphatic heterocycles. The van der Waals surface area contributed by atoms with Crippen LogP contribution in [0.1, 0.15) is 20.8 Å². The quantitative estimate of drug-likeness (QED) is 0.632. The molecule has 1 saturated heterocycles. The van der Waals surface area contributed by atoms with E-state index in [0.29, 0.717) is 19.0 Å².